The van der Waals surface area contributed by atoms with Crippen molar-refractivity contribution >= 4 is 57.4 Å². The summed E-state index contributed by atoms with van der Waals surface area (Å²) in [5.41, 5.74) is 6.55. The Morgan fingerprint density at radius 3 is 2.73 bits per heavy atom. The maximum atomic E-state index is 12.4. The Labute approximate surface area is 186 Å². The largest absolute Gasteiger partial charge is 0.482 e. The van der Waals surface area contributed by atoms with Crippen molar-refractivity contribution in [3.63, 3.8) is 0 Å². The fraction of sp³-hybridized carbons (Fsp3) is 0.316. The smallest absolute Gasteiger partial charge is 0.410 e. The molecular weight excluding hydrogens is 453 g/mol. The number of nitrogens with zero attached hydrogens (tertiary/aromatic N) is 1. The van der Waals surface area contributed by atoms with E-state index in [1.807, 2.05) is 0 Å². The van der Waals surface area contributed by atoms with Gasteiger partial charge >= 0.3 is 6.09 Å². The van der Waals surface area contributed by atoms with Crippen LogP contribution in [0.3, 0.4) is 0 Å². The molecule has 11 heteroatoms. The van der Waals surface area contributed by atoms with Gasteiger partial charge in [-0.15, -0.1) is 11.3 Å². The lowest BCUT2D eigenvalue weighted by Crippen LogP contribution is -2.36. The molecule has 0 bridgehead atoms. The molecule has 3 N–H and O–H groups in total. The number of benzene rings is 1. The summed E-state index contributed by atoms with van der Waals surface area (Å²) in [6.45, 7) is 2.37. The van der Waals surface area contributed by atoms with Gasteiger partial charge in [0.15, 0.2) is 6.61 Å². The molecule has 3 rings (SSSR count). The third-order valence-corrected chi connectivity index (χ3v) is 6.00. The molecule has 1 aliphatic rings. The van der Waals surface area contributed by atoms with Gasteiger partial charge in [-0.25, -0.2) is 4.79 Å². The number of carbonyl (C=O) groups is 3. The maximum absolute atomic E-state index is 12.4. The predicted molar refractivity (Wildman–Crippen MR) is 115 cm³/mol. The van der Waals surface area contributed by atoms with E-state index in [0.717, 1.165) is 10.4 Å². The first-order valence-corrected chi connectivity index (χ1v) is 10.6. The number of hydrogen-bond donors (Lipinski definition) is 2. The first-order valence-electron chi connectivity index (χ1n) is 9.03. The Morgan fingerprint density at radius 2 is 2.07 bits per heavy atom. The Morgan fingerprint density at radius 1 is 1.30 bits per heavy atom. The zero-order chi connectivity index (χ0) is 21.8. The second-order valence-corrected chi connectivity index (χ2v) is 8.30. The number of primary amides is 1. The van der Waals surface area contributed by atoms with Gasteiger partial charge in [0.25, 0.3) is 11.8 Å². The zero-order valence-corrected chi connectivity index (χ0v) is 18.3. The summed E-state index contributed by atoms with van der Waals surface area (Å²) >= 11 is 13.1. The summed E-state index contributed by atoms with van der Waals surface area (Å²) in [5.74, 6) is -0.819. The number of nitrogens with two attached hydrogens (primary N) is 1. The molecule has 1 aromatic carbocycles. The number of carbonyl (C=O) groups excluding carboxylic acids is 3. The average Bonchev–Trinajstić information content (AvgIpc) is 3.04. The van der Waals surface area contributed by atoms with Gasteiger partial charge in [0.05, 0.1) is 23.7 Å². The van der Waals surface area contributed by atoms with E-state index in [1.165, 1.54) is 17.4 Å². The van der Waals surface area contributed by atoms with Crippen LogP contribution in [0.2, 0.25) is 10.0 Å². The molecule has 1 aromatic heterocycles. The van der Waals surface area contributed by atoms with E-state index in [2.05, 4.69) is 5.32 Å². The van der Waals surface area contributed by atoms with Crippen LogP contribution >= 0.6 is 34.5 Å². The lowest BCUT2D eigenvalue weighted by Gasteiger charge is -2.26. The van der Waals surface area contributed by atoms with E-state index in [4.69, 9.17) is 38.4 Å². The number of ether oxygens (including phenoxy) is 2. The van der Waals surface area contributed by atoms with Crippen LogP contribution < -0.4 is 15.8 Å². The molecule has 0 atom stereocenters. The van der Waals surface area contributed by atoms with Gasteiger partial charge < -0.3 is 25.4 Å². The Bertz CT molecular complexity index is 995. The summed E-state index contributed by atoms with van der Waals surface area (Å²) in [5, 5.41) is 3.72. The number of rotatable bonds is 6. The molecule has 0 spiro atoms. The molecule has 2 aromatic rings. The van der Waals surface area contributed by atoms with E-state index in [9.17, 15) is 14.4 Å². The fourth-order valence-electron chi connectivity index (χ4n) is 3.02. The summed E-state index contributed by atoms with van der Waals surface area (Å²) in [6.07, 6.45) is 0.0198. The lowest BCUT2D eigenvalue weighted by molar-refractivity contribution is -0.118. The van der Waals surface area contributed by atoms with Crippen molar-refractivity contribution in [1.29, 1.82) is 0 Å². The Balaban J connectivity index is 1.72. The van der Waals surface area contributed by atoms with Crippen molar-refractivity contribution in [3.8, 4) is 5.75 Å². The topological polar surface area (TPSA) is 111 Å². The third kappa shape index (κ3) is 4.97. The van der Waals surface area contributed by atoms with E-state index in [0.29, 0.717) is 28.7 Å². The van der Waals surface area contributed by atoms with Crippen LogP contribution in [0.1, 0.15) is 27.7 Å². The SMILES string of the molecule is CCOC(=O)N1CCc2c(sc(NC(=O)COc3ccc(Cl)cc3Cl)c2C(N)=O)C1. The Hall–Kier alpha value is -2.49. The molecule has 3 amide bonds. The minimum absolute atomic E-state index is 0.261. The molecule has 160 valence electrons. The molecule has 8 nitrogen and oxygen atoms in total. The van der Waals surface area contributed by atoms with Crippen molar-refractivity contribution in [2.45, 2.75) is 19.9 Å². The highest BCUT2D eigenvalue weighted by atomic mass is 35.5. The van der Waals surface area contributed by atoms with E-state index in [-0.39, 0.29) is 30.3 Å². The molecule has 0 saturated carbocycles. The fourth-order valence-corrected chi connectivity index (χ4v) is 4.77. The number of amides is 3. The molecule has 0 fully saturated rings. The monoisotopic (exact) mass is 471 g/mol. The molecule has 30 heavy (non-hydrogen) atoms. The molecule has 0 aliphatic carbocycles. The Kier molecular flexibility index (Phi) is 7.06. The van der Waals surface area contributed by atoms with Gasteiger partial charge in [0, 0.05) is 16.4 Å². The number of fused-ring (bicyclic) bond motifs is 1. The number of anilines is 1. The summed E-state index contributed by atoms with van der Waals surface area (Å²) in [4.78, 5) is 38.7. The van der Waals surface area contributed by atoms with Gasteiger partial charge in [0.1, 0.15) is 10.8 Å². The highest BCUT2D eigenvalue weighted by Gasteiger charge is 2.30. The molecule has 1 aliphatic heterocycles. The van der Waals surface area contributed by atoms with Crippen LogP contribution in [0, 0.1) is 0 Å². The summed E-state index contributed by atoms with van der Waals surface area (Å²) in [6, 6.07) is 4.65. The number of hydrogen-bond acceptors (Lipinski definition) is 6. The van der Waals surface area contributed by atoms with Crippen LogP contribution in [0.4, 0.5) is 9.80 Å². The third-order valence-electron chi connectivity index (χ3n) is 4.33. The van der Waals surface area contributed by atoms with Crippen molar-refractivity contribution in [2.75, 3.05) is 25.1 Å². The first-order chi connectivity index (χ1) is 14.3. The summed E-state index contributed by atoms with van der Waals surface area (Å²) in [7, 11) is 0. The second-order valence-electron chi connectivity index (χ2n) is 6.35. The van der Waals surface area contributed by atoms with Crippen LogP contribution in [-0.2, 0) is 22.5 Å². The minimum atomic E-state index is -0.644. The van der Waals surface area contributed by atoms with Crippen molar-refractivity contribution in [1.82, 2.24) is 4.90 Å². The quantitative estimate of drug-likeness (QED) is 0.667. The standard InChI is InChI=1S/C19H19Cl2N3O5S/c1-2-28-19(27)24-6-5-11-14(8-24)30-18(16(11)17(22)26)23-15(25)9-29-13-4-3-10(20)7-12(13)21/h3-4,7H,2,5-6,8-9H2,1H3,(H2,22,26)(H,23,25). The number of halogens is 2. The van der Waals surface area contributed by atoms with Gasteiger partial charge in [-0.1, -0.05) is 23.2 Å². The zero-order valence-electron chi connectivity index (χ0n) is 16.0. The van der Waals surface area contributed by atoms with Crippen LogP contribution in [-0.4, -0.2) is 42.6 Å². The molecule has 2 heterocycles. The molecular formula is C19H19Cl2N3O5S. The van der Waals surface area contributed by atoms with Crippen LogP contribution in [0.5, 0.6) is 5.75 Å². The molecule has 0 unspecified atom stereocenters. The molecule has 0 saturated heterocycles. The van der Waals surface area contributed by atoms with Crippen molar-refractivity contribution in [3.05, 3.63) is 44.2 Å². The average molecular weight is 472 g/mol. The van der Waals surface area contributed by atoms with Crippen molar-refractivity contribution < 1.29 is 23.9 Å². The highest BCUT2D eigenvalue weighted by molar-refractivity contribution is 7.17. The van der Waals surface area contributed by atoms with E-state index < -0.39 is 17.9 Å². The maximum Gasteiger partial charge on any atom is 0.410 e. The highest BCUT2D eigenvalue weighted by Crippen LogP contribution is 2.37. The second kappa shape index (κ2) is 9.55. The minimum Gasteiger partial charge on any atom is -0.482 e. The van der Waals surface area contributed by atoms with Gasteiger partial charge in [-0.05, 0) is 37.1 Å². The molecule has 0 radical (unpaired) electrons. The van der Waals surface area contributed by atoms with E-state index >= 15 is 0 Å². The van der Waals surface area contributed by atoms with E-state index in [1.54, 1.807) is 24.0 Å². The van der Waals surface area contributed by atoms with Crippen LogP contribution in [0.15, 0.2) is 18.2 Å². The number of thiophene rings is 1. The summed E-state index contributed by atoms with van der Waals surface area (Å²) < 4.78 is 10.5. The van der Waals surface area contributed by atoms with Gasteiger partial charge in [0.2, 0.25) is 0 Å². The lowest BCUT2D eigenvalue weighted by atomic mass is 10.0. The number of nitrogens with one attached hydrogen (secondary N) is 1. The van der Waals surface area contributed by atoms with Crippen molar-refractivity contribution in [2.24, 2.45) is 5.73 Å². The predicted octanol–water partition coefficient (Wildman–Crippen LogP) is 3.69. The van der Waals surface area contributed by atoms with Gasteiger partial charge in [-0.3, -0.25) is 9.59 Å². The normalized spacial score (nSPS) is 12.8. The van der Waals surface area contributed by atoms with Crippen LogP contribution in [0.25, 0.3) is 0 Å². The van der Waals surface area contributed by atoms with Gasteiger partial charge in [-0.2, -0.15) is 0 Å². The first kappa shape index (κ1) is 22.2.